The van der Waals surface area contributed by atoms with E-state index in [9.17, 15) is 4.79 Å². The minimum atomic E-state index is 0.245. The fourth-order valence-electron chi connectivity index (χ4n) is 4.12. The molecule has 1 fully saturated rings. The first-order valence-electron chi connectivity index (χ1n) is 10.0. The molecule has 0 saturated carbocycles. The summed E-state index contributed by atoms with van der Waals surface area (Å²) < 4.78 is 1.10. The van der Waals surface area contributed by atoms with Gasteiger partial charge in [0.2, 0.25) is 5.91 Å². The molecule has 0 aliphatic carbocycles. The Morgan fingerprint density at radius 3 is 2.69 bits per heavy atom. The van der Waals surface area contributed by atoms with Crippen LogP contribution >= 0.6 is 27.3 Å². The molecule has 1 saturated heterocycles. The second-order valence-corrected chi connectivity index (χ2v) is 9.70. The van der Waals surface area contributed by atoms with E-state index in [0.29, 0.717) is 6.42 Å². The molecule has 1 aromatic heterocycles. The largest absolute Gasteiger partial charge is 0.343 e. The van der Waals surface area contributed by atoms with Crippen LogP contribution in [0.15, 0.2) is 53.1 Å². The number of rotatable bonds is 4. The number of nitrogens with zero attached hydrogens (tertiary/aromatic N) is 3. The van der Waals surface area contributed by atoms with Crippen LogP contribution in [-0.2, 0) is 24.2 Å². The highest BCUT2D eigenvalue weighted by Gasteiger charge is 2.24. The van der Waals surface area contributed by atoms with Crippen LogP contribution in [0.3, 0.4) is 0 Å². The number of anilines is 2. The normalized spacial score (nSPS) is 16.4. The molecule has 0 bridgehead atoms. The van der Waals surface area contributed by atoms with Gasteiger partial charge >= 0.3 is 0 Å². The van der Waals surface area contributed by atoms with E-state index in [1.807, 2.05) is 11.1 Å². The van der Waals surface area contributed by atoms with E-state index in [1.54, 1.807) is 11.3 Å². The summed E-state index contributed by atoms with van der Waals surface area (Å²) in [6, 6.07) is 15.0. The third-order valence-corrected chi connectivity index (χ3v) is 7.28. The molecule has 2 aliphatic rings. The van der Waals surface area contributed by atoms with E-state index in [4.69, 9.17) is 4.98 Å². The van der Waals surface area contributed by atoms with Gasteiger partial charge in [-0.3, -0.25) is 4.79 Å². The molecule has 29 heavy (non-hydrogen) atoms. The molecule has 2 aromatic carbocycles. The Hall–Kier alpha value is -2.18. The predicted molar refractivity (Wildman–Crippen MR) is 122 cm³/mol. The SMILES string of the molecule is O=C1CCCN1c1ccc2c(c1)CN(c1ncc(Cc3ccc(Br)cc3)s1)CC2. The number of fused-ring (bicyclic) bond motifs is 1. The Balaban J connectivity index is 1.32. The highest BCUT2D eigenvalue weighted by molar-refractivity contribution is 9.10. The minimum absolute atomic E-state index is 0.245. The van der Waals surface area contributed by atoms with Crippen molar-refractivity contribution in [3.05, 3.63) is 74.7 Å². The molecule has 0 atom stereocenters. The summed E-state index contributed by atoms with van der Waals surface area (Å²) in [6.07, 6.45) is 5.57. The van der Waals surface area contributed by atoms with Crippen LogP contribution in [-0.4, -0.2) is 24.0 Å². The van der Waals surface area contributed by atoms with Gasteiger partial charge < -0.3 is 9.80 Å². The summed E-state index contributed by atoms with van der Waals surface area (Å²) in [5.41, 5.74) is 5.05. The lowest BCUT2D eigenvalue weighted by atomic mass is 9.99. The lowest BCUT2D eigenvalue weighted by molar-refractivity contribution is -0.117. The maximum Gasteiger partial charge on any atom is 0.227 e. The third-order valence-electron chi connectivity index (χ3n) is 5.69. The number of benzene rings is 2. The van der Waals surface area contributed by atoms with Crippen molar-refractivity contribution in [1.29, 1.82) is 0 Å². The molecule has 3 heterocycles. The zero-order valence-electron chi connectivity index (χ0n) is 16.1. The molecule has 3 aromatic rings. The van der Waals surface area contributed by atoms with Gasteiger partial charge in [0.25, 0.3) is 0 Å². The van der Waals surface area contributed by atoms with Crippen molar-refractivity contribution < 1.29 is 4.79 Å². The standard InChI is InChI=1S/C23H22BrN3OS/c24-19-6-3-16(4-7-19)12-21-14-25-23(29-21)26-11-9-17-5-8-20(13-18(17)15-26)27-10-1-2-22(27)28/h3-8,13-14H,1-2,9-12,15H2. The van der Waals surface area contributed by atoms with Crippen LogP contribution in [0.4, 0.5) is 10.8 Å². The summed E-state index contributed by atoms with van der Waals surface area (Å²) >= 11 is 5.27. The van der Waals surface area contributed by atoms with Crippen molar-refractivity contribution in [2.24, 2.45) is 0 Å². The average molecular weight is 468 g/mol. The second kappa shape index (κ2) is 7.92. The molecule has 2 aliphatic heterocycles. The van der Waals surface area contributed by atoms with Crippen molar-refractivity contribution in [2.45, 2.75) is 32.2 Å². The molecule has 0 spiro atoms. The van der Waals surface area contributed by atoms with E-state index < -0.39 is 0 Å². The second-order valence-electron chi connectivity index (χ2n) is 7.69. The van der Waals surface area contributed by atoms with Crippen molar-refractivity contribution >= 4 is 44.0 Å². The number of thiazole rings is 1. The number of carbonyl (C=O) groups excluding carboxylic acids is 1. The number of hydrogen-bond donors (Lipinski definition) is 0. The van der Waals surface area contributed by atoms with Gasteiger partial charge in [-0.2, -0.15) is 0 Å². The topological polar surface area (TPSA) is 36.4 Å². The summed E-state index contributed by atoms with van der Waals surface area (Å²) in [5.74, 6) is 0.245. The highest BCUT2D eigenvalue weighted by atomic mass is 79.9. The zero-order chi connectivity index (χ0) is 19.8. The molecule has 0 unspecified atom stereocenters. The lowest BCUT2D eigenvalue weighted by Gasteiger charge is -2.29. The van der Waals surface area contributed by atoms with Crippen molar-refractivity contribution in [3.63, 3.8) is 0 Å². The van der Waals surface area contributed by atoms with Crippen molar-refractivity contribution in [1.82, 2.24) is 4.98 Å². The first kappa shape index (κ1) is 18.8. The zero-order valence-corrected chi connectivity index (χ0v) is 18.5. The van der Waals surface area contributed by atoms with Crippen LogP contribution in [0.2, 0.25) is 0 Å². The summed E-state index contributed by atoms with van der Waals surface area (Å²) in [5, 5.41) is 1.09. The van der Waals surface area contributed by atoms with E-state index >= 15 is 0 Å². The van der Waals surface area contributed by atoms with Gasteiger partial charge in [-0.15, -0.1) is 11.3 Å². The number of amides is 1. The van der Waals surface area contributed by atoms with Crippen molar-refractivity contribution in [2.75, 3.05) is 22.9 Å². The van der Waals surface area contributed by atoms with Gasteiger partial charge in [0, 0.05) is 53.7 Å². The van der Waals surface area contributed by atoms with E-state index in [2.05, 4.69) is 63.3 Å². The Kier molecular flexibility index (Phi) is 5.14. The number of halogens is 1. The first-order valence-corrected chi connectivity index (χ1v) is 11.6. The molecule has 0 N–H and O–H groups in total. The van der Waals surface area contributed by atoms with Crippen LogP contribution < -0.4 is 9.80 Å². The van der Waals surface area contributed by atoms with Crippen molar-refractivity contribution in [3.8, 4) is 0 Å². The monoisotopic (exact) mass is 467 g/mol. The molecule has 5 rings (SSSR count). The maximum atomic E-state index is 12.1. The molecule has 6 heteroatoms. The smallest absolute Gasteiger partial charge is 0.227 e. The number of carbonyl (C=O) groups is 1. The fraction of sp³-hybridized carbons (Fsp3) is 0.304. The van der Waals surface area contributed by atoms with Crippen LogP contribution in [0.25, 0.3) is 0 Å². The quantitative estimate of drug-likeness (QED) is 0.529. The molecule has 148 valence electrons. The Bertz CT molecular complexity index is 1050. The van der Waals surface area contributed by atoms with Gasteiger partial charge in [0.05, 0.1) is 0 Å². The van der Waals surface area contributed by atoms with Gasteiger partial charge in [-0.1, -0.05) is 34.1 Å². The molecular formula is C23H22BrN3OS. The van der Waals surface area contributed by atoms with Gasteiger partial charge in [-0.05, 0) is 53.8 Å². The van der Waals surface area contributed by atoms with E-state index in [-0.39, 0.29) is 5.91 Å². The average Bonchev–Trinajstić information content (AvgIpc) is 3.38. The number of hydrogen-bond acceptors (Lipinski definition) is 4. The minimum Gasteiger partial charge on any atom is -0.343 e. The molecule has 4 nitrogen and oxygen atoms in total. The van der Waals surface area contributed by atoms with Gasteiger partial charge in [-0.25, -0.2) is 4.98 Å². The Labute approximate surface area is 183 Å². The lowest BCUT2D eigenvalue weighted by Crippen LogP contribution is -2.31. The summed E-state index contributed by atoms with van der Waals surface area (Å²) in [4.78, 5) is 22.4. The first-order chi connectivity index (χ1) is 14.2. The Morgan fingerprint density at radius 1 is 1.03 bits per heavy atom. The Morgan fingerprint density at radius 2 is 1.90 bits per heavy atom. The molecular weight excluding hydrogens is 446 g/mol. The predicted octanol–water partition coefficient (Wildman–Crippen LogP) is 5.19. The summed E-state index contributed by atoms with van der Waals surface area (Å²) in [7, 11) is 0. The highest BCUT2D eigenvalue weighted by Crippen LogP contribution is 2.32. The molecule has 1 amide bonds. The number of aromatic nitrogens is 1. The van der Waals surface area contributed by atoms with Gasteiger partial charge in [0.15, 0.2) is 5.13 Å². The van der Waals surface area contributed by atoms with Gasteiger partial charge in [0.1, 0.15) is 0 Å². The fourth-order valence-corrected chi connectivity index (χ4v) is 5.36. The van der Waals surface area contributed by atoms with E-state index in [1.165, 1.54) is 21.6 Å². The third kappa shape index (κ3) is 3.96. The van der Waals surface area contributed by atoms with Crippen LogP contribution in [0.5, 0.6) is 0 Å². The van der Waals surface area contributed by atoms with Crippen LogP contribution in [0.1, 0.15) is 34.4 Å². The van der Waals surface area contributed by atoms with E-state index in [0.717, 1.165) is 54.2 Å². The van der Waals surface area contributed by atoms with Crippen LogP contribution in [0, 0.1) is 0 Å². The maximum absolute atomic E-state index is 12.1. The summed E-state index contributed by atoms with van der Waals surface area (Å²) in [6.45, 7) is 2.68. The molecule has 0 radical (unpaired) electrons.